The van der Waals surface area contributed by atoms with Crippen LogP contribution < -0.4 is 0 Å². The first-order valence-electron chi connectivity index (χ1n) is 6.89. The summed E-state index contributed by atoms with van der Waals surface area (Å²) in [6.07, 6.45) is 14.9. The van der Waals surface area contributed by atoms with E-state index < -0.39 is 0 Å². The number of hydrogen-bond donors (Lipinski definition) is 0. The highest BCUT2D eigenvalue weighted by Gasteiger charge is 2.44. The lowest BCUT2D eigenvalue weighted by Gasteiger charge is -2.48. The minimum Gasteiger partial charge on any atom is -0.0752 e. The summed E-state index contributed by atoms with van der Waals surface area (Å²) < 4.78 is 2.74. The zero-order valence-corrected chi connectivity index (χ0v) is 13.4. The van der Waals surface area contributed by atoms with Gasteiger partial charge in [0.05, 0.1) is 0 Å². The Morgan fingerprint density at radius 3 is 2.83 bits per heavy atom. The van der Waals surface area contributed by atoms with Gasteiger partial charge in [0.1, 0.15) is 0 Å². The highest BCUT2D eigenvalue weighted by atomic mass is 79.9. The monoisotopic (exact) mass is 366 g/mol. The van der Waals surface area contributed by atoms with Gasteiger partial charge in [-0.25, -0.2) is 0 Å². The molecule has 4 aliphatic rings. The van der Waals surface area contributed by atoms with Crippen molar-refractivity contribution in [1.82, 2.24) is 0 Å². The molecule has 4 unspecified atom stereocenters. The van der Waals surface area contributed by atoms with Crippen LogP contribution in [-0.4, -0.2) is 0 Å². The fourth-order valence-corrected chi connectivity index (χ4v) is 5.50. The van der Waals surface area contributed by atoms with Crippen LogP contribution in [0.3, 0.4) is 0 Å². The van der Waals surface area contributed by atoms with Crippen LogP contribution in [0.15, 0.2) is 44.4 Å². The first-order valence-corrected chi connectivity index (χ1v) is 8.48. The van der Waals surface area contributed by atoms with E-state index in [1.165, 1.54) is 40.2 Å². The molecule has 4 aliphatic carbocycles. The van der Waals surface area contributed by atoms with Gasteiger partial charge >= 0.3 is 0 Å². The molecular formula is C16H16Br2. The van der Waals surface area contributed by atoms with Crippen molar-refractivity contribution >= 4 is 31.9 Å². The molecule has 0 aromatic rings. The second kappa shape index (κ2) is 4.21. The van der Waals surface area contributed by atoms with Crippen LogP contribution in [0, 0.1) is 23.7 Å². The van der Waals surface area contributed by atoms with Gasteiger partial charge in [0.2, 0.25) is 0 Å². The molecule has 0 aliphatic heterocycles. The maximum absolute atomic E-state index is 3.79. The summed E-state index contributed by atoms with van der Waals surface area (Å²) in [6, 6.07) is 0. The minimum atomic E-state index is 0.615. The summed E-state index contributed by atoms with van der Waals surface area (Å²) >= 11 is 7.55. The molecule has 0 saturated heterocycles. The van der Waals surface area contributed by atoms with E-state index in [1.807, 2.05) is 0 Å². The average molecular weight is 368 g/mol. The second-order valence-electron chi connectivity index (χ2n) is 5.93. The quantitative estimate of drug-likeness (QED) is 0.532. The molecule has 0 radical (unpaired) electrons. The third-order valence-corrected chi connectivity index (χ3v) is 6.74. The van der Waals surface area contributed by atoms with Crippen LogP contribution in [0.25, 0.3) is 0 Å². The number of hydrogen-bond acceptors (Lipinski definition) is 0. The van der Waals surface area contributed by atoms with Crippen molar-refractivity contribution < 1.29 is 0 Å². The Morgan fingerprint density at radius 1 is 1.06 bits per heavy atom. The summed E-state index contributed by atoms with van der Waals surface area (Å²) in [7, 11) is 0. The third-order valence-electron chi connectivity index (χ3n) is 5.13. The molecule has 4 atom stereocenters. The van der Waals surface area contributed by atoms with Crippen molar-refractivity contribution in [2.24, 2.45) is 23.7 Å². The number of allylic oxidation sites excluding steroid dienone is 8. The van der Waals surface area contributed by atoms with Gasteiger partial charge in [-0.1, -0.05) is 61.7 Å². The highest BCUT2D eigenvalue weighted by Crippen LogP contribution is 2.56. The summed E-state index contributed by atoms with van der Waals surface area (Å²) in [5.41, 5.74) is 3.26. The predicted octanol–water partition coefficient (Wildman–Crippen LogP) is 5.48. The maximum Gasteiger partial charge on any atom is 0.0207 e. The molecule has 4 rings (SSSR count). The SMILES string of the molecule is BrC1=CCC2CCC3CC=C(Br)C4C=CC1=C2C34. The Morgan fingerprint density at radius 2 is 1.94 bits per heavy atom. The van der Waals surface area contributed by atoms with E-state index >= 15 is 0 Å². The Balaban J connectivity index is 1.88. The van der Waals surface area contributed by atoms with Crippen molar-refractivity contribution in [1.29, 1.82) is 0 Å². The normalized spacial score (nSPS) is 41.2. The predicted molar refractivity (Wildman–Crippen MR) is 82.6 cm³/mol. The zero-order chi connectivity index (χ0) is 12.3. The molecule has 0 nitrogen and oxygen atoms in total. The van der Waals surface area contributed by atoms with Gasteiger partial charge in [-0.2, -0.15) is 0 Å². The second-order valence-corrected chi connectivity index (χ2v) is 7.70. The van der Waals surface area contributed by atoms with Crippen LogP contribution in [0.4, 0.5) is 0 Å². The smallest absolute Gasteiger partial charge is 0.0207 e. The van der Waals surface area contributed by atoms with Gasteiger partial charge in [-0.3, -0.25) is 0 Å². The van der Waals surface area contributed by atoms with Gasteiger partial charge in [-0.15, -0.1) is 0 Å². The molecule has 1 saturated carbocycles. The Labute approximate surface area is 125 Å². The van der Waals surface area contributed by atoms with Crippen molar-refractivity contribution in [3.63, 3.8) is 0 Å². The van der Waals surface area contributed by atoms with Gasteiger partial charge in [0, 0.05) is 10.4 Å². The lowest BCUT2D eigenvalue weighted by molar-refractivity contribution is 0.215. The van der Waals surface area contributed by atoms with Gasteiger partial charge in [-0.05, 0) is 53.5 Å². The van der Waals surface area contributed by atoms with Gasteiger partial charge in [0.15, 0.2) is 0 Å². The fourth-order valence-electron chi connectivity index (χ4n) is 4.32. The first-order chi connectivity index (χ1) is 8.75. The Bertz CT molecular complexity index is 521. The van der Waals surface area contributed by atoms with E-state index in [1.54, 1.807) is 5.57 Å². The molecule has 0 aromatic carbocycles. The van der Waals surface area contributed by atoms with E-state index in [0.717, 1.165) is 17.8 Å². The molecule has 18 heavy (non-hydrogen) atoms. The topological polar surface area (TPSA) is 0 Å². The summed E-state index contributed by atoms with van der Waals surface area (Å²) in [6.45, 7) is 0. The highest BCUT2D eigenvalue weighted by molar-refractivity contribution is 9.12. The molecule has 0 spiro atoms. The first kappa shape index (κ1) is 11.7. The van der Waals surface area contributed by atoms with Crippen LogP contribution in [0.2, 0.25) is 0 Å². The van der Waals surface area contributed by atoms with Crippen LogP contribution >= 0.6 is 31.9 Å². The van der Waals surface area contributed by atoms with E-state index in [-0.39, 0.29) is 0 Å². The van der Waals surface area contributed by atoms with Crippen LogP contribution in [-0.2, 0) is 0 Å². The summed E-state index contributed by atoms with van der Waals surface area (Å²) in [5, 5.41) is 0. The van der Waals surface area contributed by atoms with Crippen LogP contribution in [0.5, 0.6) is 0 Å². The Kier molecular flexibility index (Phi) is 2.74. The van der Waals surface area contributed by atoms with Crippen molar-refractivity contribution in [2.45, 2.75) is 25.7 Å². The van der Waals surface area contributed by atoms with E-state index in [9.17, 15) is 0 Å². The molecule has 94 valence electrons. The van der Waals surface area contributed by atoms with E-state index in [4.69, 9.17) is 0 Å². The molecule has 0 bridgehead atoms. The number of halogens is 2. The maximum atomic E-state index is 3.79. The molecule has 0 amide bonds. The summed E-state index contributed by atoms with van der Waals surface area (Å²) in [5.74, 6) is 3.07. The van der Waals surface area contributed by atoms with Crippen LogP contribution in [0.1, 0.15) is 25.7 Å². The standard InChI is InChI=1S/C16H16Br2/c17-13-7-3-9-1-2-10-4-8-14(18)12-6-5-11(13)15(9)16(10)12/h5-11,15H,1-4H2. The molecule has 2 heteroatoms. The fraction of sp³-hybridized carbons (Fsp3) is 0.500. The average Bonchev–Trinajstić information content (AvgIpc) is 2.40. The van der Waals surface area contributed by atoms with Gasteiger partial charge in [0.25, 0.3) is 0 Å². The molecule has 0 N–H and O–H groups in total. The molecule has 1 fully saturated rings. The Hall–Kier alpha value is -0.0800. The van der Waals surface area contributed by atoms with E-state index in [0.29, 0.717) is 5.92 Å². The lowest BCUT2D eigenvalue weighted by Crippen LogP contribution is -2.37. The summed E-state index contributed by atoms with van der Waals surface area (Å²) in [4.78, 5) is 0. The van der Waals surface area contributed by atoms with Gasteiger partial charge < -0.3 is 0 Å². The largest absolute Gasteiger partial charge is 0.0752 e. The molecule has 0 heterocycles. The van der Waals surface area contributed by atoms with E-state index in [2.05, 4.69) is 56.2 Å². The minimum absolute atomic E-state index is 0.615. The lowest BCUT2D eigenvalue weighted by atomic mass is 9.58. The van der Waals surface area contributed by atoms with Crippen molar-refractivity contribution in [3.05, 3.63) is 44.4 Å². The van der Waals surface area contributed by atoms with Crippen molar-refractivity contribution in [3.8, 4) is 0 Å². The molecule has 0 aromatic heterocycles. The van der Waals surface area contributed by atoms with Crippen molar-refractivity contribution in [2.75, 3.05) is 0 Å². The molecular weight excluding hydrogens is 352 g/mol. The third kappa shape index (κ3) is 1.54. The number of rotatable bonds is 0. The zero-order valence-electron chi connectivity index (χ0n) is 10.2.